The first-order valence-electron chi connectivity index (χ1n) is 7.82. The first-order valence-corrected chi connectivity index (χ1v) is 7.82. The van der Waals surface area contributed by atoms with Crippen molar-refractivity contribution < 1.29 is 9.13 Å². The molecule has 116 valence electrons. The molecule has 3 heteroatoms. The number of benzene rings is 2. The Bertz CT molecular complexity index is 662. The van der Waals surface area contributed by atoms with E-state index in [0.29, 0.717) is 6.61 Å². The van der Waals surface area contributed by atoms with Crippen LogP contribution in [0.1, 0.15) is 23.1 Å². The van der Waals surface area contributed by atoms with E-state index in [0.717, 1.165) is 36.2 Å². The highest BCUT2D eigenvalue weighted by molar-refractivity contribution is 5.71. The van der Waals surface area contributed by atoms with Gasteiger partial charge in [-0.3, -0.25) is 0 Å². The van der Waals surface area contributed by atoms with Gasteiger partial charge in [0.05, 0.1) is 12.7 Å². The van der Waals surface area contributed by atoms with Crippen LogP contribution in [0, 0.1) is 19.7 Å². The van der Waals surface area contributed by atoms with E-state index in [9.17, 15) is 4.39 Å². The van der Waals surface area contributed by atoms with Crippen LogP contribution < -0.4 is 5.32 Å². The van der Waals surface area contributed by atoms with Gasteiger partial charge in [0, 0.05) is 6.54 Å². The van der Waals surface area contributed by atoms with E-state index < -0.39 is 0 Å². The van der Waals surface area contributed by atoms with Gasteiger partial charge in [0.2, 0.25) is 0 Å². The van der Waals surface area contributed by atoms with Gasteiger partial charge >= 0.3 is 0 Å². The summed E-state index contributed by atoms with van der Waals surface area (Å²) < 4.78 is 19.6. The zero-order chi connectivity index (χ0) is 15.5. The highest BCUT2D eigenvalue weighted by Gasteiger charge is 2.16. The summed E-state index contributed by atoms with van der Waals surface area (Å²) in [5, 5.41) is 3.28. The second-order valence-corrected chi connectivity index (χ2v) is 6.05. The summed E-state index contributed by atoms with van der Waals surface area (Å²) in [6.07, 6.45) is 1.25. The maximum atomic E-state index is 13.7. The first kappa shape index (κ1) is 15.2. The number of hydrogen-bond acceptors (Lipinski definition) is 2. The van der Waals surface area contributed by atoms with Crippen molar-refractivity contribution in [3.63, 3.8) is 0 Å². The van der Waals surface area contributed by atoms with Crippen LogP contribution in [0.5, 0.6) is 0 Å². The molecule has 0 bridgehead atoms. The fourth-order valence-electron chi connectivity index (χ4n) is 2.95. The maximum Gasteiger partial charge on any atom is 0.123 e. The van der Waals surface area contributed by atoms with Crippen molar-refractivity contribution in [1.29, 1.82) is 0 Å². The minimum atomic E-state index is -0.211. The first-order chi connectivity index (χ1) is 10.6. The quantitative estimate of drug-likeness (QED) is 0.921. The van der Waals surface area contributed by atoms with Gasteiger partial charge in [0.15, 0.2) is 0 Å². The summed E-state index contributed by atoms with van der Waals surface area (Å²) in [5.41, 5.74) is 5.54. The highest BCUT2D eigenvalue weighted by atomic mass is 19.1. The fraction of sp³-hybridized carbons (Fsp3) is 0.368. The predicted molar refractivity (Wildman–Crippen MR) is 87.4 cm³/mol. The van der Waals surface area contributed by atoms with E-state index in [-0.39, 0.29) is 11.9 Å². The third-order valence-corrected chi connectivity index (χ3v) is 4.24. The van der Waals surface area contributed by atoms with Crippen molar-refractivity contribution in [3.05, 3.63) is 58.9 Å². The average Bonchev–Trinajstić information content (AvgIpc) is 3.01. The van der Waals surface area contributed by atoms with Crippen molar-refractivity contribution >= 4 is 0 Å². The zero-order valence-corrected chi connectivity index (χ0v) is 13.2. The van der Waals surface area contributed by atoms with Gasteiger partial charge in [-0.2, -0.15) is 0 Å². The van der Waals surface area contributed by atoms with Gasteiger partial charge < -0.3 is 10.1 Å². The number of nitrogens with one attached hydrogen (secondary N) is 1. The molecule has 1 atom stereocenters. The molecule has 2 aromatic rings. The van der Waals surface area contributed by atoms with E-state index in [2.05, 4.69) is 37.4 Å². The van der Waals surface area contributed by atoms with Crippen molar-refractivity contribution in [1.82, 2.24) is 5.32 Å². The van der Waals surface area contributed by atoms with Crippen LogP contribution in [0.25, 0.3) is 11.1 Å². The molecule has 3 rings (SSSR count). The molecule has 0 radical (unpaired) electrons. The minimum Gasteiger partial charge on any atom is -0.372 e. The SMILES string of the molecule is Cc1ccc(C)c(-c2ccc(F)cc2COC2CCNC2)c1. The molecule has 0 aromatic heterocycles. The lowest BCUT2D eigenvalue weighted by atomic mass is 9.94. The molecule has 0 spiro atoms. The van der Waals surface area contributed by atoms with Crippen molar-refractivity contribution in [2.24, 2.45) is 0 Å². The minimum absolute atomic E-state index is 0.211. The third kappa shape index (κ3) is 3.37. The van der Waals surface area contributed by atoms with Gasteiger partial charge in [-0.1, -0.05) is 29.8 Å². The lowest BCUT2D eigenvalue weighted by molar-refractivity contribution is 0.0543. The molecule has 0 aliphatic carbocycles. The lowest BCUT2D eigenvalue weighted by Gasteiger charge is -2.16. The second kappa shape index (κ2) is 6.59. The largest absolute Gasteiger partial charge is 0.372 e. The number of halogens is 1. The molecular formula is C19H22FNO. The maximum absolute atomic E-state index is 13.7. The fourth-order valence-corrected chi connectivity index (χ4v) is 2.95. The van der Waals surface area contributed by atoms with E-state index in [1.54, 1.807) is 6.07 Å². The van der Waals surface area contributed by atoms with E-state index in [1.807, 2.05) is 6.07 Å². The second-order valence-electron chi connectivity index (χ2n) is 6.05. The summed E-state index contributed by atoms with van der Waals surface area (Å²) in [6, 6.07) is 11.4. The summed E-state index contributed by atoms with van der Waals surface area (Å²) in [7, 11) is 0. The number of ether oxygens (including phenoxy) is 1. The molecule has 1 heterocycles. The standard InChI is InChI=1S/C19H22FNO/c1-13-3-4-14(2)19(9-13)18-6-5-16(20)10-15(18)12-22-17-7-8-21-11-17/h3-6,9-10,17,21H,7-8,11-12H2,1-2H3. The zero-order valence-electron chi connectivity index (χ0n) is 13.2. The monoisotopic (exact) mass is 299 g/mol. The Morgan fingerprint density at radius 2 is 2.00 bits per heavy atom. The molecule has 22 heavy (non-hydrogen) atoms. The number of aryl methyl sites for hydroxylation is 2. The predicted octanol–water partition coefficient (Wildman–Crippen LogP) is 3.99. The van der Waals surface area contributed by atoms with Gasteiger partial charge in [0.1, 0.15) is 5.82 Å². The molecule has 2 aromatic carbocycles. The molecule has 0 saturated carbocycles. The van der Waals surface area contributed by atoms with Gasteiger partial charge in [-0.25, -0.2) is 4.39 Å². The van der Waals surface area contributed by atoms with Crippen molar-refractivity contribution in [2.45, 2.75) is 33.0 Å². The molecule has 1 aliphatic heterocycles. The van der Waals surface area contributed by atoms with Crippen LogP contribution >= 0.6 is 0 Å². The number of hydrogen-bond donors (Lipinski definition) is 1. The van der Waals surface area contributed by atoms with Crippen LogP contribution in [0.15, 0.2) is 36.4 Å². The highest BCUT2D eigenvalue weighted by Crippen LogP contribution is 2.29. The van der Waals surface area contributed by atoms with Gasteiger partial charge in [-0.15, -0.1) is 0 Å². The van der Waals surface area contributed by atoms with Crippen LogP contribution in [0.2, 0.25) is 0 Å². The Balaban J connectivity index is 1.91. The normalized spacial score (nSPS) is 17.9. The number of rotatable bonds is 4. The summed E-state index contributed by atoms with van der Waals surface area (Å²) >= 11 is 0. The molecule has 1 saturated heterocycles. The van der Waals surface area contributed by atoms with Crippen LogP contribution in [-0.2, 0) is 11.3 Å². The Kier molecular flexibility index (Phi) is 4.55. The smallest absolute Gasteiger partial charge is 0.123 e. The Morgan fingerprint density at radius 1 is 1.14 bits per heavy atom. The van der Waals surface area contributed by atoms with Gasteiger partial charge in [0.25, 0.3) is 0 Å². The van der Waals surface area contributed by atoms with Gasteiger partial charge in [-0.05, 0) is 61.2 Å². The Morgan fingerprint density at radius 3 is 2.77 bits per heavy atom. The van der Waals surface area contributed by atoms with E-state index in [4.69, 9.17) is 4.74 Å². The van der Waals surface area contributed by atoms with Crippen LogP contribution in [0.4, 0.5) is 4.39 Å². The Hall–Kier alpha value is -1.71. The molecule has 2 nitrogen and oxygen atoms in total. The van der Waals surface area contributed by atoms with Crippen LogP contribution in [-0.4, -0.2) is 19.2 Å². The third-order valence-electron chi connectivity index (χ3n) is 4.24. The lowest BCUT2D eigenvalue weighted by Crippen LogP contribution is -2.16. The molecule has 1 aliphatic rings. The summed E-state index contributed by atoms with van der Waals surface area (Å²) in [5.74, 6) is -0.211. The molecule has 1 fully saturated rings. The molecule has 0 amide bonds. The summed E-state index contributed by atoms with van der Waals surface area (Å²) in [6.45, 7) is 6.50. The van der Waals surface area contributed by atoms with Crippen molar-refractivity contribution in [3.8, 4) is 11.1 Å². The topological polar surface area (TPSA) is 21.3 Å². The van der Waals surface area contributed by atoms with E-state index >= 15 is 0 Å². The molecular weight excluding hydrogens is 277 g/mol. The molecule has 1 unspecified atom stereocenters. The van der Waals surface area contributed by atoms with Crippen LogP contribution in [0.3, 0.4) is 0 Å². The van der Waals surface area contributed by atoms with Crippen molar-refractivity contribution in [2.75, 3.05) is 13.1 Å². The van der Waals surface area contributed by atoms with E-state index in [1.165, 1.54) is 17.2 Å². The Labute approximate surface area is 131 Å². The average molecular weight is 299 g/mol. The molecule has 1 N–H and O–H groups in total. The summed E-state index contributed by atoms with van der Waals surface area (Å²) in [4.78, 5) is 0.